The molecule has 0 aromatic carbocycles. The third-order valence-corrected chi connectivity index (χ3v) is 5.35. The van der Waals surface area contributed by atoms with Crippen molar-refractivity contribution in [2.45, 2.75) is 45.9 Å². The fourth-order valence-electron chi connectivity index (χ4n) is 3.82. The minimum absolute atomic E-state index is 0.158. The number of fused-ring (bicyclic) bond motifs is 3. The highest BCUT2D eigenvalue weighted by Gasteiger charge is 2.24. The highest BCUT2D eigenvalue weighted by atomic mass is 16.5. The summed E-state index contributed by atoms with van der Waals surface area (Å²) in [6, 6.07) is 0. The standard InChI is InChI=1S/C18H23N5O3/c1-5-8-21-16(24)14-15(20(4)18(21)25)19-17-22(10-13-7-6-9-26-13)11(2)12(3)23(14)17/h5,13H,1,6-10H2,2-4H3/t13-/m1/s1. The Morgan fingerprint density at radius 3 is 2.69 bits per heavy atom. The van der Waals surface area contributed by atoms with Gasteiger partial charge in [0, 0.05) is 31.6 Å². The lowest BCUT2D eigenvalue weighted by atomic mass is 10.2. The van der Waals surface area contributed by atoms with Gasteiger partial charge < -0.3 is 9.30 Å². The van der Waals surface area contributed by atoms with E-state index in [-0.39, 0.29) is 23.9 Å². The first-order chi connectivity index (χ1) is 12.5. The molecule has 8 nitrogen and oxygen atoms in total. The summed E-state index contributed by atoms with van der Waals surface area (Å²) in [5, 5.41) is 0. The van der Waals surface area contributed by atoms with Crippen LogP contribution in [0.15, 0.2) is 22.2 Å². The van der Waals surface area contributed by atoms with Crippen LogP contribution in [0.3, 0.4) is 0 Å². The van der Waals surface area contributed by atoms with Gasteiger partial charge in [0.15, 0.2) is 11.2 Å². The van der Waals surface area contributed by atoms with Gasteiger partial charge in [-0.15, -0.1) is 6.58 Å². The Morgan fingerprint density at radius 1 is 1.27 bits per heavy atom. The Kier molecular flexibility index (Phi) is 3.87. The smallest absolute Gasteiger partial charge is 0.332 e. The molecule has 8 heteroatoms. The van der Waals surface area contributed by atoms with E-state index >= 15 is 0 Å². The van der Waals surface area contributed by atoms with E-state index in [9.17, 15) is 9.59 Å². The number of nitrogens with zero attached hydrogens (tertiary/aromatic N) is 5. The highest BCUT2D eigenvalue weighted by Crippen LogP contribution is 2.23. The van der Waals surface area contributed by atoms with Crippen molar-refractivity contribution in [1.29, 1.82) is 0 Å². The largest absolute Gasteiger partial charge is 0.376 e. The van der Waals surface area contributed by atoms with Crippen LogP contribution < -0.4 is 11.2 Å². The fourth-order valence-corrected chi connectivity index (χ4v) is 3.82. The Hall–Kier alpha value is -2.61. The number of aryl methyl sites for hydroxylation is 2. The summed E-state index contributed by atoms with van der Waals surface area (Å²) in [7, 11) is 1.64. The van der Waals surface area contributed by atoms with Gasteiger partial charge in [-0.3, -0.25) is 18.3 Å². The van der Waals surface area contributed by atoms with E-state index in [4.69, 9.17) is 4.74 Å². The molecule has 138 valence electrons. The van der Waals surface area contributed by atoms with E-state index < -0.39 is 0 Å². The van der Waals surface area contributed by atoms with Crippen molar-refractivity contribution >= 4 is 16.9 Å². The molecule has 26 heavy (non-hydrogen) atoms. The van der Waals surface area contributed by atoms with Crippen LogP contribution in [-0.4, -0.2) is 35.8 Å². The predicted molar refractivity (Wildman–Crippen MR) is 98.8 cm³/mol. The van der Waals surface area contributed by atoms with Crippen LogP contribution in [0.5, 0.6) is 0 Å². The molecule has 4 rings (SSSR count). The van der Waals surface area contributed by atoms with Crippen LogP contribution in [0, 0.1) is 13.8 Å². The summed E-state index contributed by atoms with van der Waals surface area (Å²) < 4.78 is 12.3. The van der Waals surface area contributed by atoms with E-state index in [0.29, 0.717) is 23.5 Å². The minimum atomic E-state index is -0.386. The molecule has 1 fully saturated rings. The van der Waals surface area contributed by atoms with Crippen LogP contribution in [0.25, 0.3) is 16.9 Å². The molecule has 0 amide bonds. The molecule has 0 N–H and O–H groups in total. The summed E-state index contributed by atoms with van der Waals surface area (Å²) in [4.78, 5) is 30.2. The Balaban J connectivity index is 2.06. The van der Waals surface area contributed by atoms with Crippen LogP contribution in [0.1, 0.15) is 24.2 Å². The van der Waals surface area contributed by atoms with Gasteiger partial charge in [-0.25, -0.2) is 4.79 Å². The summed E-state index contributed by atoms with van der Waals surface area (Å²) in [5.41, 5.74) is 2.10. The number of hydrogen-bond donors (Lipinski definition) is 0. The molecular formula is C18H23N5O3. The van der Waals surface area contributed by atoms with Gasteiger partial charge in [0.05, 0.1) is 12.6 Å². The van der Waals surface area contributed by atoms with E-state index in [1.165, 1.54) is 9.13 Å². The monoisotopic (exact) mass is 357 g/mol. The van der Waals surface area contributed by atoms with Crippen molar-refractivity contribution in [3.05, 3.63) is 44.9 Å². The van der Waals surface area contributed by atoms with Crippen LogP contribution >= 0.6 is 0 Å². The van der Waals surface area contributed by atoms with E-state index in [0.717, 1.165) is 30.8 Å². The first-order valence-corrected chi connectivity index (χ1v) is 8.85. The topological polar surface area (TPSA) is 75.5 Å². The van der Waals surface area contributed by atoms with Gasteiger partial charge in [0.1, 0.15) is 0 Å². The summed E-state index contributed by atoms with van der Waals surface area (Å²) >= 11 is 0. The third-order valence-electron chi connectivity index (χ3n) is 5.35. The lowest BCUT2D eigenvalue weighted by molar-refractivity contribution is 0.0974. The molecule has 3 aromatic heterocycles. The van der Waals surface area contributed by atoms with Gasteiger partial charge in [-0.2, -0.15) is 4.98 Å². The van der Waals surface area contributed by atoms with Gasteiger partial charge >= 0.3 is 5.69 Å². The van der Waals surface area contributed by atoms with Gasteiger partial charge in [-0.1, -0.05) is 6.08 Å². The molecule has 1 saturated heterocycles. The maximum absolute atomic E-state index is 13.0. The molecule has 4 heterocycles. The Labute approximate surface area is 149 Å². The zero-order valence-electron chi connectivity index (χ0n) is 15.4. The molecule has 0 spiro atoms. The van der Waals surface area contributed by atoms with E-state index in [1.54, 1.807) is 13.1 Å². The molecule has 0 aliphatic carbocycles. The quantitative estimate of drug-likeness (QED) is 0.656. The normalized spacial score (nSPS) is 17.6. The zero-order chi connectivity index (χ0) is 18.6. The van der Waals surface area contributed by atoms with Crippen LogP contribution in [0.2, 0.25) is 0 Å². The number of ether oxygens (including phenoxy) is 1. The van der Waals surface area contributed by atoms with Crippen molar-refractivity contribution in [2.24, 2.45) is 7.05 Å². The lowest BCUT2D eigenvalue weighted by Crippen LogP contribution is -2.39. The van der Waals surface area contributed by atoms with Crippen molar-refractivity contribution in [2.75, 3.05) is 6.61 Å². The molecule has 0 saturated carbocycles. The SMILES string of the molecule is C=CCn1c(=O)c2c(nc3n(C[C@H]4CCCO4)c(C)c(C)n23)n(C)c1=O. The molecule has 0 bridgehead atoms. The van der Waals surface area contributed by atoms with Crippen LogP contribution in [-0.2, 0) is 24.9 Å². The third kappa shape index (κ3) is 2.21. The number of hydrogen-bond acceptors (Lipinski definition) is 4. The van der Waals surface area contributed by atoms with Gasteiger partial charge in [0.2, 0.25) is 5.78 Å². The molecule has 0 radical (unpaired) electrons. The average molecular weight is 357 g/mol. The van der Waals surface area contributed by atoms with E-state index in [1.807, 2.05) is 18.2 Å². The Bertz CT molecular complexity index is 1140. The summed E-state index contributed by atoms with van der Waals surface area (Å²) in [6.07, 6.45) is 3.80. The van der Waals surface area contributed by atoms with Gasteiger partial charge in [-0.05, 0) is 26.7 Å². The second-order valence-corrected chi connectivity index (χ2v) is 6.88. The van der Waals surface area contributed by atoms with Crippen molar-refractivity contribution < 1.29 is 4.74 Å². The lowest BCUT2D eigenvalue weighted by Gasteiger charge is -2.12. The minimum Gasteiger partial charge on any atom is -0.376 e. The number of aromatic nitrogens is 5. The second kappa shape index (κ2) is 5.98. The molecule has 0 unspecified atom stereocenters. The van der Waals surface area contributed by atoms with Crippen molar-refractivity contribution in [1.82, 2.24) is 23.1 Å². The maximum atomic E-state index is 13.0. The molecule has 1 aliphatic rings. The molecule has 3 aromatic rings. The predicted octanol–water partition coefficient (Wildman–Crippen LogP) is 1.13. The maximum Gasteiger partial charge on any atom is 0.332 e. The molecule has 1 aliphatic heterocycles. The van der Waals surface area contributed by atoms with Crippen molar-refractivity contribution in [3.8, 4) is 0 Å². The fraction of sp³-hybridized carbons (Fsp3) is 0.500. The Morgan fingerprint density at radius 2 is 2.04 bits per heavy atom. The zero-order valence-corrected chi connectivity index (χ0v) is 15.4. The first-order valence-electron chi connectivity index (χ1n) is 8.85. The average Bonchev–Trinajstić information content (AvgIpc) is 3.31. The highest BCUT2D eigenvalue weighted by molar-refractivity contribution is 5.76. The van der Waals surface area contributed by atoms with Crippen LogP contribution in [0.4, 0.5) is 0 Å². The summed E-state index contributed by atoms with van der Waals surface area (Å²) in [5.74, 6) is 0.675. The van der Waals surface area contributed by atoms with Crippen molar-refractivity contribution in [3.63, 3.8) is 0 Å². The molecule has 1 atom stereocenters. The number of allylic oxidation sites excluding steroid dienone is 1. The summed E-state index contributed by atoms with van der Waals surface area (Å²) in [6.45, 7) is 9.29. The second-order valence-electron chi connectivity index (χ2n) is 6.88. The van der Waals surface area contributed by atoms with Gasteiger partial charge in [0.25, 0.3) is 5.56 Å². The van der Waals surface area contributed by atoms with E-state index in [2.05, 4.69) is 16.1 Å². The number of rotatable bonds is 4. The number of imidazole rings is 2. The first kappa shape index (κ1) is 16.8. The molecular weight excluding hydrogens is 334 g/mol.